The summed E-state index contributed by atoms with van der Waals surface area (Å²) in [4.78, 5) is 13.0. The van der Waals surface area contributed by atoms with Crippen molar-refractivity contribution >= 4 is 22.9 Å². The molecule has 4 aromatic carbocycles. The average Bonchev–Trinajstić information content (AvgIpc) is 3.38. The van der Waals surface area contributed by atoms with Crippen LogP contribution < -0.4 is 14.9 Å². The predicted octanol–water partition coefficient (Wildman–Crippen LogP) is 5.78. The van der Waals surface area contributed by atoms with Crippen molar-refractivity contribution in [1.29, 1.82) is 0 Å². The van der Waals surface area contributed by atoms with E-state index in [1.54, 1.807) is 38.6 Å². The number of para-hydroxylation sites is 1. The number of hydrogen-bond donors (Lipinski definition) is 1. The van der Waals surface area contributed by atoms with E-state index < -0.39 is 5.91 Å². The molecule has 0 fully saturated rings. The quantitative estimate of drug-likeness (QED) is 0.232. The fraction of sp³-hybridized carbons (Fsp3) is 0.100. The lowest BCUT2D eigenvalue weighted by molar-refractivity contribution is 0.0949. The van der Waals surface area contributed by atoms with Gasteiger partial charge in [0.25, 0.3) is 5.91 Å². The first-order chi connectivity index (χ1) is 18.1. The van der Waals surface area contributed by atoms with Crippen molar-refractivity contribution < 1.29 is 14.3 Å². The normalized spacial score (nSPS) is 11.1. The SMILES string of the molecule is COc1ccc(/C=N\NC(=O)c2cc(-c3ccc4ccccc4c3)n(-c3ccccc3C)n2)cc1OC. The Morgan fingerprint density at radius 1 is 0.865 bits per heavy atom. The fourth-order valence-corrected chi connectivity index (χ4v) is 4.19. The number of fused-ring (bicyclic) bond motifs is 1. The number of ether oxygens (including phenoxy) is 2. The number of methoxy groups -OCH3 is 2. The summed E-state index contributed by atoms with van der Waals surface area (Å²) in [6.07, 6.45) is 1.54. The molecule has 0 spiro atoms. The first-order valence-electron chi connectivity index (χ1n) is 11.8. The highest BCUT2D eigenvalue weighted by molar-refractivity contribution is 5.95. The summed E-state index contributed by atoms with van der Waals surface area (Å²) in [6.45, 7) is 2.02. The van der Waals surface area contributed by atoms with E-state index in [0.29, 0.717) is 11.5 Å². The van der Waals surface area contributed by atoms with Crippen molar-refractivity contribution in [2.45, 2.75) is 6.92 Å². The van der Waals surface area contributed by atoms with Gasteiger partial charge in [-0.2, -0.15) is 10.2 Å². The maximum Gasteiger partial charge on any atom is 0.291 e. The van der Waals surface area contributed by atoms with E-state index in [4.69, 9.17) is 9.47 Å². The Hall–Kier alpha value is -4.91. The van der Waals surface area contributed by atoms with E-state index in [1.807, 2.05) is 60.1 Å². The molecule has 1 aromatic heterocycles. The van der Waals surface area contributed by atoms with E-state index in [2.05, 4.69) is 39.9 Å². The molecule has 1 amide bonds. The minimum Gasteiger partial charge on any atom is -0.493 e. The van der Waals surface area contributed by atoms with Crippen LogP contribution in [-0.4, -0.2) is 36.1 Å². The molecule has 0 atom stereocenters. The van der Waals surface area contributed by atoms with Crippen LogP contribution in [-0.2, 0) is 0 Å². The van der Waals surface area contributed by atoms with E-state index >= 15 is 0 Å². The standard InChI is InChI=1S/C30H26N4O3/c1-20-8-4-7-11-26(20)34-27(24-14-13-22-9-5-6-10-23(22)17-24)18-25(33-34)30(35)32-31-19-21-12-15-28(36-2)29(16-21)37-3/h4-19H,1-3H3,(H,32,35)/b31-19-. The maximum absolute atomic E-state index is 13.0. The van der Waals surface area contributed by atoms with E-state index in [-0.39, 0.29) is 5.69 Å². The number of nitrogens with zero attached hydrogens (tertiary/aromatic N) is 3. The molecule has 0 bridgehead atoms. The van der Waals surface area contributed by atoms with Crippen LogP contribution in [0.2, 0.25) is 0 Å². The number of rotatable bonds is 7. The topological polar surface area (TPSA) is 77.7 Å². The lowest BCUT2D eigenvalue weighted by Crippen LogP contribution is -2.18. The zero-order valence-electron chi connectivity index (χ0n) is 20.8. The van der Waals surface area contributed by atoms with Crippen molar-refractivity contribution in [3.05, 3.63) is 108 Å². The number of carbonyl (C=O) groups excluding carboxylic acids is 1. The molecule has 5 aromatic rings. The summed E-state index contributed by atoms with van der Waals surface area (Å²) in [7, 11) is 3.15. The minimum absolute atomic E-state index is 0.260. The largest absolute Gasteiger partial charge is 0.493 e. The predicted molar refractivity (Wildman–Crippen MR) is 146 cm³/mol. The van der Waals surface area contributed by atoms with Crippen molar-refractivity contribution in [2.24, 2.45) is 5.10 Å². The molecule has 0 aliphatic heterocycles. The Labute approximate surface area is 215 Å². The average molecular weight is 491 g/mol. The second kappa shape index (κ2) is 10.4. The molecule has 0 saturated heterocycles. The molecule has 5 rings (SSSR count). The van der Waals surface area contributed by atoms with Crippen LogP contribution >= 0.6 is 0 Å². The van der Waals surface area contributed by atoms with E-state index in [0.717, 1.165) is 38.8 Å². The number of aryl methyl sites for hydroxylation is 1. The number of carbonyl (C=O) groups is 1. The first kappa shape index (κ1) is 23.8. The van der Waals surface area contributed by atoms with E-state index in [1.165, 1.54) is 0 Å². The van der Waals surface area contributed by atoms with Gasteiger partial charge < -0.3 is 9.47 Å². The monoisotopic (exact) mass is 490 g/mol. The van der Waals surface area contributed by atoms with Gasteiger partial charge in [0, 0.05) is 5.56 Å². The second-order valence-electron chi connectivity index (χ2n) is 8.49. The van der Waals surface area contributed by atoms with Crippen LogP contribution in [0.5, 0.6) is 11.5 Å². The molecular weight excluding hydrogens is 464 g/mol. The fourth-order valence-electron chi connectivity index (χ4n) is 4.19. The molecule has 1 heterocycles. The molecule has 184 valence electrons. The highest BCUT2D eigenvalue weighted by Crippen LogP contribution is 2.29. The van der Waals surface area contributed by atoms with Crippen molar-refractivity contribution in [2.75, 3.05) is 14.2 Å². The van der Waals surface area contributed by atoms with Gasteiger partial charge in [-0.25, -0.2) is 10.1 Å². The Morgan fingerprint density at radius 3 is 2.41 bits per heavy atom. The highest BCUT2D eigenvalue weighted by atomic mass is 16.5. The van der Waals surface area contributed by atoms with Gasteiger partial charge >= 0.3 is 0 Å². The number of hydrazone groups is 1. The smallest absolute Gasteiger partial charge is 0.291 e. The second-order valence-corrected chi connectivity index (χ2v) is 8.49. The van der Waals surface area contributed by atoms with Gasteiger partial charge in [-0.05, 0) is 65.2 Å². The summed E-state index contributed by atoms with van der Waals surface area (Å²) in [5.74, 6) is 0.785. The molecule has 0 unspecified atom stereocenters. The Bertz CT molecular complexity index is 1620. The maximum atomic E-state index is 13.0. The van der Waals surface area contributed by atoms with Crippen molar-refractivity contribution in [3.8, 4) is 28.4 Å². The van der Waals surface area contributed by atoms with Crippen LogP contribution in [0.15, 0.2) is 96.1 Å². The van der Waals surface area contributed by atoms with Gasteiger partial charge in [-0.1, -0.05) is 54.6 Å². The number of amides is 1. The number of hydrogen-bond acceptors (Lipinski definition) is 5. The first-order valence-corrected chi connectivity index (χ1v) is 11.8. The van der Waals surface area contributed by atoms with Crippen LogP contribution in [0.3, 0.4) is 0 Å². The zero-order valence-corrected chi connectivity index (χ0v) is 20.8. The molecule has 7 heteroatoms. The third-order valence-electron chi connectivity index (χ3n) is 6.12. The van der Waals surface area contributed by atoms with E-state index in [9.17, 15) is 4.79 Å². The zero-order chi connectivity index (χ0) is 25.8. The molecule has 37 heavy (non-hydrogen) atoms. The number of benzene rings is 4. The molecule has 0 aliphatic rings. The van der Waals surface area contributed by atoms with Crippen LogP contribution in [0.4, 0.5) is 0 Å². The minimum atomic E-state index is -0.411. The number of nitrogens with one attached hydrogen (secondary N) is 1. The molecule has 0 aliphatic carbocycles. The molecular formula is C30H26N4O3. The van der Waals surface area contributed by atoms with Crippen molar-refractivity contribution in [3.63, 3.8) is 0 Å². The van der Waals surface area contributed by atoms with Crippen molar-refractivity contribution in [1.82, 2.24) is 15.2 Å². The summed E-state index contributed by atoms with van der Waals surface area (Å²) in [6, 6.07) is 29.5. The summed E-state index contributed by atoms with van der Waals surface area (Å²) >= 11 is 0. The number of aromatic nitrogens is 2. The lowest BCUT2D eigenvalue weighted by atomic mass is 10.0. The van der Waals surface area contributed by atoms with Gasteiger partial charge in [0.05, 0.1) is 31.8 Å². The van der Waals surface area contributed by atoms with Gasteiger partial charge in [0.2, 0.25) is 0 Å². The van der Waals surface area contributed by atoms with Crippen LogP contribution in [0, 0.1) is 6.92 Å². The van der Waals surface area contributed by atoms with Crippen LogP contribution in [0.25, 0.3) is 27.7 Å². The van der Waals surface area contributed by atoms with Gasteiger partial charge in [0.15, 0.2) is 17.2 Å². The van der Waals surface area contributed by atoms with Gasteiger partial charge in [-0.3, -0.25) is 4.79 Å². The third kappa shape index (κ3) is 4.92. The third-order valence-corrected chi connectivity index (χ3v) is 6.12. The Balaban J connectivity index is 1.47. The molecule has 7 nitrogen and oxygen atoms in total. The summed E-state index contributed by atoms with van der Waals surface area (Å²) in [5.41, 5.74) is 7.32. The van der Waals surface area contributed by atoms with Crippen LogP contribution in [0.1, 0.15) is 21.6 Å². The molecule has 1 N–H and O–H groups in total. The highest BCUT2D eigenvalue weighted by Gasteiger charge is 2.18. The molecule has 0 radical (unpaired) electrons. The Kier molecular flexibility index (Phi) is 6.68. The van der Waals surface area contributed by atoms with Gasteiger partial charge in [-0.15, -0.1) is 0 Å². The summed E-state index contributed by atoms with van der Waals surface area (Å²) in [5, 5.41) is 11.1. The lowest BCUT2D eigenvalue weighted by Gasteiger charge is -2.11. The van der Waals surface area contributed by atoms with Gasteiger partial charge in [0.1, 0.15) is 0 Å². The molecule has 0 saturated carbocycles. The Morgan fingerprint density at radius 2 is 1.62 bits per heavy atom. The summed E-state index contributed by atoms with van der Waals surface area (Å²) < 4.78 is 12.4.